The van der Waals surface area contributed by atoms with E-state index >= 15 is 0 Å². The molecule has 2 atom stereocenters. The third kappa shape index (κ3) is 2.56. The number of nitrogens with zero attached hydrogens (tertiary/aromatic N) is 2. The molecule has 1 heterocycles. The Hall–Kier alpha value is -1.36. The van der Waals surface area contributed by atoms with Crippen molar-refractivity contribution in [1.29, 1.82) is 0 Å². The van der Waals surface area contributed by atoms with Gasteiger partial charge in [0.15, 0.2) is 0 Å². The molecule has 0 saturated carbocycles. The van der Waals surface area contributed by atoms with Crippen LogP contribution in [0, 0.1) is 0 Å². The summed E-state index contributed by atoms with van der Waals surface area (Å²) < 4.78 is 1.85. The topological polar surface area (TPSA) is 72.9 Å². The molecule has 0 aliphatic heterocycles. The molecule has 0 aliphatic rings. The van der Waals surface area contributed by atoms with Crippen molar-refractivity contribution in [2.75, 3.05) is 0 Å². The lowest BCUT2D eigenvalue weighted by molar-refractivity contribution is -0.123. The van der Waals surface area contributed by atoms with Crippen molar-refractivity contribution in [1.82, 2.24) is 14.9 Å². The lowest BCUT2D eigenvalue weighted by Gasteiger charge is -2.19. The maximum absolute atomic E-state index is 11.3. The van der Waals surface area contributed by atoms with E-state index in [2.05, 4.69) is 10.3 Å². The number of amides is 1. The average molecular weight is 196 g/mol. The van der Waals surface area contributed by atoms with Crippen molar-refractivity contribution in [2.45, 2.75) is 32.5 Å². The fourth-order valence-corrected chi connectivity index (χ4v) is 1.14. The minimum atomic E-state index is -0.479. The minimum Gasteiger partial charge on any atom is -0.334 e. The van der Waals surface area contributed by atoms with E-state index in [1.165, 1.54) is 0 Å². The second kappa shape index (κ2) is 4.76. The van der Waals surface area contributed by atoms with E-state index in [1.54, 1.807) is 19.4 Å². The van der Waals surface area contributed by atoms with Gasteiger partial charge in [-0.2, -0.15) is 0 Å². The standard InChI is InChI=1S/C9H16N4O/c1-3-8(12-9(14)7(2)10)13-5-4-11-6-13/h4-8H,3,10H2,1-2H3,(H,12,14). The third-order valence-electron chi connectivity index (χ3n) is 1.99. The number of imidazole rings is 1. The van der Waals surface area contributed by atoms with Crippen LogP contribution in [-0.4, -0.2) is 21.5 Å². The van der Waals surface area contributed by atoms with Crippen LogP contribution in [0.3, 0.4) is 0 Å². The van der Waals surface area contributed by atoms with Gasteiger partial charge in [-0.25, -0.2) is 4.98 Å². The molecule has 14 heavy (non-hydrogen) atoms. The second-order valence-electron chi connectivity index (χ2n) is 3.23. The normalized spacial score (nSPS) is 14.8. The maximum atomic E-state index is 11.3. The number of rotatable bonds is 4. The van der Waals surface area contributed by atoms with Gasteiger partial charge in [-0.3, -0.25) is 4.79 Å². The fourth-order valence-electron chi connectivity index (χ4n) is 1.14. The van der Waals surface area contributed by atoms with Gasteiger partial charge in [0.2, 0.25) is 5.91 Å². The molecule has 0 aliphatic carbocycles. The zero-order chi connectivity index (χ0) is 10.6. The highest BCUT2D eigenvalue weighted by Gasteiger charge is 2.13. The predicted molar refractivity (Wildman–Crippen MR) is 53.3 cm³/mol. The summed E-state index contributed by atoms with van der Waals surface area (Å²) in [5.74, 6) is -0.148. The largest absolute Gasteiger partial charge is 0.334 e. The molecule has 0 saturated heterocycles. The number of carbonyl (C=O) groups excluding carboxylic acids is 1. The van der Waals surface area contributed by atoms with Gasteiger partial charge in [0.05, 0.1) is 12.4 Å². The van der Waals surface area contributed by atoms with Crippen LogP contribution in [0.4, 0.5) is 0 Å². The fraction of sp³-hybridized carbons (Fsp3) is 0.556. The zero-order valence-corrected chi connectivity index (χ0v) is 8.47. The van der Waals surface area contributed by atoms with Gasteiger partial charge in [-0.1, -0.05) is 6.92 Å². The smallest absolute Gasteiger partial charge is 0.238 e. The van der Waals surface area contributed by atoms with E-state index in [0.717, 1.165) is 6.42 Å². The summed E-state index contributed by atoms with van der Waals surface area (Å²) in [7, 11) is 0. The quantitative estimate of drug-likeness (QED) is 0.725. The minimum absolute atomic E-state index is 0.0593. The van der Waals surface area contributed by atoms with Gasteiger partial charge in [0, 0.05) is 12.4 Å². The Balaban J connectivity index is 2.61. The highest BCUT2D eigenvalue weighted by atomic mass is 16.2. The van der Waals surface area contributed by atoms with Gasteiger partial charge < -0.3 is 15.6 Å². The Morgan fingerprint density at radius 3 is 2.86 bits per heavy atom. The summed E-state index contributed by atoms with van der Waals surface area (Å²) in [5, 5.41) is 2.83. The lowest BCUT2D eigenvalue weighted by Crippen LogP contribution is -2.41. The third-order valence-corrected chi connectivity index (χ3v) is 1.99. The van der Waals surface area contributed by atoms with E-state index < -0.39 is 6.04 Å². The monoisotopic (exact) mass is 196 g/mol. The molecule has 5 heteroatoms. The van der Waals surface area contributed by atoms with Crippen LogP contribution in [0.2, 0.25) is 0 Å². The average Bonchev–Trinajstić information content (AvgIpc) is 2.66. The Morgan fingerprint density at radius 1 is 1.71 bits per heavy atom. The predicted octanol–water partition coefficient (Wildman–Crippen LogP) is 0.255. The van der Waals surface area contributed by atoms with Crippen LogP contribution >= 0.6 is 0 Å². The lowest BCUT2D eigenvalue weighted by atomic mass is 10.3. The van der Waals surface area contributed by atoms with Crippen LogP contribution in [0.15, 0.2) is 18.7 Å². The summed E-state index contributed by atoms with van der Waals surface area (Å²) in [6.45, 7) is 3.65. The van der Waals surface area contributed by atoms with Crippen molar-refractivity contribution in [3.05, 3.63) is 18.7 Å². The molecule has 5 nitrogen and oxygen atoms in total. The number of hydrogen-bond acceptors (Lipinski definition) is 3. The van der Waals surface area contributed by atoms with Gasteiger partial charge in [-0.15, -0.1) is 0 Å². The van der Waals surface area contributed by atoms with Crippen LogP contribution in [0.5, 0.6) is 0 Å². The molecule has 1 aromatic rings. The summed E-state index contributed by atoms with van der Waals surface area (Å²) in [5.41, 5.74) is 5.46. The SMILES string of the molecule is CCC(NC(=O)C(C)N)n1ccnc1. The van der Waals surface area contributed by atoms with E-state index in [-0.39, 0.29) is 12.1 Å². The molecule has 0 spiro atoms. The van der Waals surface area contributed by atoms with E-state index in [1.807, 2.05) is 17.7 Å². The van der Waals surface area contributed by atoms with Crippen molar-refractivity contribution in [3.8, 4) is 0 Å². The first-order valence-corrected chi connectivity index (χ1v) is 4.68. The molecular weight excluding hydrogens is 180 g/mol. The number of carbonyl (C=O) groups is 1. The van der Waals surface area contributed by atoms with Crippen molar-refractivity contribution < 1.29 is 4.79 Å². The Bertz CT molecular complexity index is 281. The van der Waals surface area contributed by atoms with Gasteiger partial charge >= 0.3 is 0 Å². The van der Waals surface area contributed by atoms with E-state index in [4.69, 9.17) is 5.73 Å². The maximum Gasteiger partial charge on any atom is 0.238 e. The molecule has 78 valence electrons. The van der Waals surface area contributed by atoms with Crippen molar-refractivity contribution in [2.24, 2.45) is 5.73 Å². The van der Waals surface area contributed by atoms with E-state index in [0.29, 0.717) is 0 Å². The summed E-state index contributed by atoms with van der Waals surface area (Å²) in [4.78, 5) is 15.3. The van der Waals surface area contributed by atoms with Crippen LogP contribution in [0.1, 0.15) is 26.4 Å². The molecule has 1 rings (SSSR count). The van der Waals surface area contributed by atoms with Crippen molar-refractivity contribution in [3.63, 3.8) is 0 Å². The molecule has 1 aromatic heterocycles. The zero-order valence-electron chi connectivity index (χ0n) is 8.47. The molecule has 0 radical (unpaired) electrons. The highest BCUT2D eigenvalue weighted by Crippen LogP contribution is 2.06. The molecule has 0 bridgehead atoms. The van der Waals surface area contributed by atoms with Crippen LogP contribution < -0.4 is 11.1 Å². The Kier molecular flexibility index (Phi) is 3.64. The van der Waals surface area contributed by atoms with Gasteiger partial charge in [0.1, 0.15) is 6.17 Å². The first-order valence-electron chi connectivity index (χ1n) is 4.68. The Morgan fingerprint density at radius 2 is 2.43 bits per heavy atom. The second-order valence-corrected chi connectivity index (χ2v) is 3.23. The highest BCUT2D eigenvalue weighted by molar-refractivity contribution is 5.81. The number of hydrogen-bond donors (Lipinski definition) is 2. The molecule has 1 amide bonds. The van der Waals surface area contributed by atoms with Crippen LogP contribution in [-0.2, 0) is 4.79 Å². The molecule has 2 unspecified atom stereocenters. The Labute approximate surface area is 83.3 Å². The summed E-state index contributed by atoms with van der Waals surface area (Å²) in [6.07, 6.45) is 5.91. The van der Waals surface area contributed by atoms with Crippen LogP contribution in [0.25, 0.3) is 0 Å². The van der Waals surface area contributed by atoms with Crippen molar-refractivity contribution >= 4 is 5.91 Å². The molecule has 0 aromatic carbocycles. The van der Waals surface area contributed by atoms with Gasteiger partial charge in [-0.05, 0) is 13.3 Å². The number of aromatic nitrogens is 2. The first-order chi connectivity index (χ1) is 6.65. The molecule has 0 fully saturated rings. The molecular formula is C9H16N4O. The summed E-state index contributed by atoms with van der Waals surface area (Å²) >= 11 is 0. The van der Waals surface area contributed by atoms with E-state index in [9.17, 15) is 4.79 Å². The first kappa shape index (κ1) is 10.7. The number of nitrogens with two attached hydrogens (primary N) is 1. The summed E-state index contributed by atoms with van der Waals surface area (Å²) in [6, 6.07) is -0.479. The van der Waals surface area contributed by atoms with Gasteiger partial charge in [0.25, 0.3) is 0 Å². The number of nitrogens with one attached hydrogen (secondary N) is 1. The molecule has 3 N–H and O–H groups in total.